The Morgan fingerprint density at radius 3 is 1.86 bits per heavy atom. The monoisotopic (exact) mass is 1200 g/mol. The first-order valence-corrected chi connectivity index (χ1v) is 26.4. The van der Waals surface area contributed by atoms with Crippen molar-refractivity contribution in [3.63, 3.8) is 0 Å². The Labute approximate surface area is 475 Å². The Morgan fingerprint density at radius 1 is 0.805 bits per heavy atom. The van der Waals surface area contributed by atoms with Crippen LogP contribution in [0.2, 0.25) is 0 Å². The maximum absolute atomic E-state index is 16.4. The number of benzene rings is 2. The molecule has 1 saturated carbocycles. The highest BCUT2D eigenvalue weighted by Crippen LogP contribution is 2.62. The van der Waals surface area contributed by atoms with Crippen molar-refractivity contribution in [1.29, 1.82) is 0 Å². The Balaban J connectivity index is 1.64. The number of ketones is 1. The van der Waals surface area contributed by atoms with Crippen molar-refractivity contribution < 1.29 is 86.0 Å². The minimum atomic E-state index is -2.64. The molecule has 3 fully saturated rings. The van der Waals surface area contributed by atoms with Crippen molar-refractivity contribution in [3.05, 3.63) is 82.9 Å². The molecule has 6 rings (SSSR count). The molecular formula is C52H61Cl6NO18. The maximum Gasteiger partial charge on any atom is 0.509 e. The number of hydrogen-bond donors (Lipinski definition) is 1. The van der Waals surface area contributed by atoms with Crippen LogP contribution in [-0.2, 0) is 61.8 Å². The quantitative estimate of drug-likeness (QED) is 0.0900. The SMILES string of the molecule is CC(=O)OC1([C@H]2[C@H](OC(=O)c3ccccc3)[C@]3(O)C[C@H](OC(=O)C4OC(C)(C)N(C(=O)OC(C)(C)C)[C@H]4c4ccccc4)C(C)=C([C@@H](OC(=O)OCC(Cl)(Cl)Cl)C(=O)[C@]2(C)[C@H](C)OC(=O)OCC(Cl)(Cl)Cl)C3(C)C)COC1. The van der Waals surface area contributed by atoms with Gasteiger partial charge in [-0.05, 0) is 84.2 Å². The molecule has 19 nitrogen and oxygen atoms in total. The molecule has 9 atom stereocenters. The van der Waals surface area contributed by atoms with Crippen molar-refractivity contribution >= 4 is 112 Å². The number of fused-ring (bicyclic) bond motifs is 2. The van der Waals surface area contributed by atoms with E-state index in [-0.39, 0.29) is 16.7 Å². The van der Waals surface area contributed by atoms with Crippen LogP contribution in [-0.4, -0.2) is 139 Å². The number of hydrogen-bond acceptors (Lipinski definition) is 18. The van der Waals surface area contributed by atoms with Crippen molar-refractivity contribution in [1.82, 2.24) is 4.90 Å². The molecule has 2 aliphatic carbocycles. The molecule has 1 unspecified atom stereocenters. The topological polar surface area (TPSA) is 235 Å². The van der Waals surface area contributed by atoms with Gasteiger partial charge in [0.05, 0.1) is 30.1 Å². The molecule has 2 aromatic rings. The molecule has 2 bridgehead atoms. The van der Waals surface area contributed by atoms with Gasteiger partial charge in [0.1, 0.15) is 54.5 Å². The van der Waals surface area contributed by atoms with E-state index in [0.29, 0.717) is 5.56 Å². The fourth-order valence-corrected chi connectivity index (χ4v) is 11.0. The molecule has 0 spiro atoms. The van der Waals surface area contributed by atoms with E-state index in [9.17, 15) is 29.1 Å². The smallest absolute Gasteiger partial charge is 0.456 e. The van der Waals surface area contributed by atoms with E-state index in [1.165, 1.54) is 51.7 Å². The Bertz CT molecular complexity index is 2610. The van der Waals surface area contributed by atoms with E-state index >= 15 is 9.59 Å². The number of carbonyl (C=O) groups is 7. The molecule has 25 heteroatoms. The normalized spacial score (nSPS) is 28.1. The van der Waals surface area contributed by atoms with E-state index in [1.54, 1.807) is 83.1 Å². The summed E-state index contributed by atoms with van der Waals surface area (Å²) >= 11 is 35.5. The van der Waals surface area contributed by atoms with Gasteiger partial charge in [0.25, 0.3) is 0 Å². The minimum absolute atomic E-state index is 0.0179. The van der Waals surface area contributed by atoms with Crippen LogP contribution >= 0.6 is 69.6 Å². The summed E-state index contributed by atoms with van der Waals surface area (Å²) in [6.07, 6.45) is -13.9. The van der Waals surface area contributed by atoms with Crippen LogP contribution in [0.4, 0.5) is 14.4 Å². The lowest BCUT2D eigenvalue weighted by molar-refractivity contribution is -0.294. The van der Waals surface area contributed by atoms with Gasteiger partial charge < -0.3 is 52.5 Å². The zero-order valence-electron chi connectivity index (χ0n) is 44.0. The summed E-state index contributed by atoms with van der Waals surface area (Å²) in [5.41, 5.74) is -11.4. The molecule has 0 aromatic heterocycles. The third kappa shape index (κ3) is 13.2. The van der Waals surface area contributed by atoms with Crippen LogP contribution in [0.25, 0.3) is 0 Å². The number of alkyl halides is 6. The summed E-state index contributed by atoms with van der Waals surface area (Å²) in [6, 6.07) is 14.8. The molecule has 2 aliphatic heterocycles. The number of esters is 3. The average molecular weight is 1200 g/mol. The van der Waals surface area contributed by atoms with Gasteiger partial charge in [0, 0.05) is 18.8 Å². The molecule has 424 valence electrons. The van der Waals surface area contributed by atoms with Crippen LogP contribution < -0.4 is 0 Å². The van der Waals surface area contributed by atoms with E-state index < -0.39 is 158 Å². The maximum atomic E-state index is 16.4. The Hall–Kier alpha value is -4.31. The Kier molecular flexibility index (Phi) is 18.2. The van der Waals surface area contributed by atoms with Crippen LogP contribution in [0.3, 0.4) is 0 Å². The molecule has 0 radical (unpaired) electrons. The summed E-state index contributed by atoms with van der Waals surface area (Å²) in [7, 11) is 0. The highest BCUT2D eigenvalue weighted by Gasteiger charge is 2.75. The number of amides is 1. The molecule has 1 N–H and O–H groups in total. The zero-order chi connectivity index (χ0) is 57.6. The molecule has 4 aliphatic rings. The molecular weight excluding hydrogens is 1140 g/mol. The third-order valence-electron chi connectivity index (χ3n) is 14.3. The number of halogens is 6. The molecule has 2 saturated heterocycles. The first kappa shape index (κ1) is 61.9. The van der Waals surface area contributed by atoms with Gasteiger partial charge in [0.15, 0.2) is 23.6 Å². The predicted octanol–water partition coefficient (Wildman–Crippen LogP) is 10.1. The third-order valence-corrected chi connectivity index (χ3v) is 14.9. The fraction of sp³-hybridized carbons (Fsp3) is 0.596. The minimum Gasteiger partial charge on any atom is -0.456 e. The summed E-state index contributed by atoms with van der Waals surface area (Å²) < 4.78 is 54.8. The van der Waals surface area contributed by atoms with Gasteiger partial charge in [0.2, 0.25) is 7.59 Å². The zero-order valence-corrected chi connectivity index (χ0v) is 48.5. The van der Waals surface area contributed by atoms with Crippen LogP contribution in [0.1, 0.15) is 105 Å². The van der Waals surface area contributed by atoms with Crippen molar-refractivity contribution in [2.75, 3.05) is 26.4 Å². The van der Waals surface area contributed by atoms with Gasteiger partial charge in [-0.3, -0.25) is 14.5 Å². The molecule has 77 heavy (non-hydrogen) atoms. The van der Waals surface area contributed by atoms with Crippen LogP contribution in [0.5, 0.6) is 0 Å². The highest BCUT2D eigenvalue weighted by molar-refractivity contribution is 6.68. The first-order valence-electron chi connectivity index (χ1n) is 24.2. The van der Waals surface area contributed by atoms with Crippen LogP contribution in [0.15, 0.2) is 71.8 Å². The number of rotatable bonds is 12. The van der Waals surface area contributed by atoms with Crippen molar-refractivity contribution in [2.24, 2.45) is 16.7 Å². The fourth-order valence-electron chi connectivity index (χ4n) is 10.7. The lowest BCUT2D eigenvalue weighted by Gasteiger charge is -2.63. The van der Waals surface area contributed by atoms with E-state index in [0.717, 1.165) is 6.92 Å². The number of carbonyl (C=O) groups excluding carboxylic acids is 7. The second-order valence-electron chi connectivity index (χ2n) is 21.5. The largest absolute Gasteiger partial charge is 0.509 e. The summed E-state index contributed by atoms with van der Waals surface area (Å²) in [6.45, 7) is 13.3. The summed E-state index contributed by atoms with van der Waals surface area (Å²) in [4.78, 5) is 103. The van der Waals surface area contributed by atoms with E-state index in [2.05, 4.69) is 0 Å². The molecule has 1 amide bonds. The van der Waals surface area contributed by atoms with E-state index in [4.69, 9.17) is 117 Å². The first-order chi connectivity index (χ1) is 35.4. The summed E-state index contributed by atoms with van der Waals surface area (Å²) in [5, 5.41) is 14.2. The van der Waals surface area contributed by atoms with Gasteiger partial charge in [-0.1, -0.05) is 132 Å². The molecule has 2 heterocycles. The van der Waals surface area contributed by atoms with Gasteiger partial charge in [-0.2, -0.15) is 0 Å². The second kappa shape index (κ2) is 22.7. The predicted molar refractivity (Wildman–Crippen MR) is 278 cm³/mol. The number of aliphatic hydroxyl groups is 1. The number of nitrogens with zero attached hydrogens (tertiary/aromatic N) is 1. The second-order valence-corrected chi connectivity index (χ2v) is 26.5. The average Bonchev–Trinajstić information content (AvgIpc) is 3.60. The van der Waals surface area contributed by atoms with Crippen LogP contribution in [0, 0.1) is 16.7 Å². The lowest BCUT2D eigenvalue weighted by Crippen LogP contribution is -2.77. The number of Topliss-reactive ketones (excluding diaryl/α,β-unsaturated/α-hetero) is 1. The van der Waals surface area contributed by atoms with Crippen molar-refractivity contribution in [2.45, 2.75) is 149 Å². The van der Waals surface area contributed by atoms with Gasteiger partial charge in [-0.25, -0.2) is 24.0 Å². The van der Waals surface area contributed by atoms with Gasteiger partial charge >= 0.3 is 36.3 Å². The highest BCUT2D eigenvalue weighted by atomic mass is 35.6. The summed E-state index contributed by atoms with van der Waals surface area (Å²) in [5.74, 6) is -6.10. The van der Waals surface area contributed by atoms with Crippen molar-refractivity contribution in [3.8, 4) is 0 Å². The standard InChI is InChI=1S/C52H61Cl6NO18/c1-27-32(72-41(63)36-34(30-18-14-12-15-19-30)59(47(9,10)76-36)42(64)77-45(4,5)6)22-50(67)39(74-40(62)31-20-16-13-17-21-31)37(49(23-68-24-49)75-29(3)60)48(11,28(2)71-43(65)69-25-51(53,54)55)38(61)35(33(27)46(50,7)8)73-44(66)70-26-52(56,57)58/h12-21,28,32,34-37,39,67H,22-26H2,1-11H3/t28-,32-,34-,35+,36?,37-,39-,48+,50+/m0/s1. The number of ether oxygens (including phenoxy) is 10. The molecule has 2 aromatic carbocycles. The van der Waals surface area contributed by atoms with E-state index in [1.807, 2.05) is 0 Å². The van der Waals surface area contributed by atoms with Gasteiger partial charge in [-0.15, -0.1) is 0 Å². The lowest BCUT2D eigenvalue weighted by atomic mass is 9.47. The Morgan fingerprint density at radius 2 is 1.35 bits per heavy atom.